The van der Waals surface area contributed by atoms with Crippen molar-refractivity contribution in [1.29, 1.82) is 0 Å². The number of nitrogens with zero attached hydrogens (tertiary/aromatic N) is 2. The molecule has 0 saturated carbocycles. The molecule has 0 aliphatic rings. The van der Waals surface area contributed by atoms with Gasteiger partial charge in [0, 0.05) is 0 Å². The molecule has 5 heteroatoms. The van der Waals surface area contributed by atoms with Crippen LogP contribution in [0.25, 0.3) is 0 Å². The number of ether oxygens (including phenoxy) is 1. The average Bonchev–Trinajstić information content (AvgIpc) is 2.41. The Morgan fingerprint density at radius 3 is 2.53 bits per heavy atom. The number of aromatic nitrogens is 2. The number of benzene rings is 1. The maximum atomic E-state index is 11.3. The second kappa shape index (κ2) is 5.48. The monoisotopic (exact) mass is 258 g/mol. The molecular formula is C14H14N2O3. The van der Waals surface area contributed by atoms with Crippen LogP contribution < -0.4 is 4.74 Å². The normalized spacial score (nSPS) is 10.2. The molecule has 0 radical (unpaired) electrons. The number of rotatable bonds is 4. The number of aromatic carboxylic acids is 1. The van der Waals surface area contributed by atoms with Crippen LogP contribution >= 0.6 is 0 Å². The summed E-state index contributed by atoms with van der Waals surface area (Å²) in [5, 5.41) is 16.9. The summed E-state index contributed by atoms with van der Waals surface area (Å²) in [7, 11) is 0. The fourth-order valence-corrected chi connectivity index (χ4v) is 1.67. The van der Waals surface area contributed by atoms with Crippen LogP contribution in [0.4, 0.5) is 0 Å². The summed E-state index contributed by atoms with van der Waals surface area (Å²) in [5.74, 6) is -1.00. The van der Waals surface area contributed by atoms with E-state index in [0.29, 0.717) is 11.3 Å². The first kappa shape index (κ1) is 13.0. The van der Waals surface area contributed by atoms with Gasteiger partial charge in [0.1, 0.15) is 12.2 Å². The summed E-state index contributed by atoms with van der Waals surface area (Å²) in [4.78, 5) is 11.3. The number of hydrogen-bond donors (Lipinski definition) is 1. The van der Waals surface area contributed by atoms with Gasteiger partial charge in [0.25, 0.3) is 0 Å². The zero-order valence-electron chi connectivity index (χ0n) is 10.8. The summed E-state index contributed by atoms with van der Waals surface area (Å²) >= 11 is 0. The Bertz CT molecular complexity index is 597. The molecule has 98 valence electrons. The van der Waals surface area contributed by atoms with Crippen molar-refractivity contribution >= 4 is 5.97 Å². The molecule has 2 rings (SSSR count). The van der Waals surface area contributed by atoms with Gasteiger partial charge in [-0.25, -0.2) is 4.79 Å². The van der Waals surface area contributed by atoms with E-state index >= 15 is 0 Å². The highest BCUT2D eigenvalue weighted by Gasteiger charge is 2.18. The summed E-state index contributed by atoms with van der Waals surface area (Å²) in [6, 6.07) is 9.48. The van der Waals surface area contributed by atoms with Crippen LogP contribution in [-0.2, 0) is 6.61 Å². The third-order valence-corrected chi connectivity index (χ3v) is 2.85. The van der Waals surface area contributed by atoms with Gasteiger partial charge in [0.2, 0.25) is 5.88 Å². The number of carboxylic acids is 1. The van der Waals surface area contributed by atoms with Gasteiger partial charge >= 0.3 is 5.97 Å². The Kier molecular flexibility index (Phi) is 3.75. The van der Waals surface area contributed by atoms with Gasteiger partial charge in [-0.1, -0.05) is 30.3 Å². The number of carboxylic acid groups (broad SMARTS) is 1. The number of carbonyl (C=O) groups is 1. The standard InChI is InChI=1S/C14H14N2O3/c1-9-10(2)15-16-13(12(9)14(17)18)19-8-11-6-4-3-5-7-11/h3-7H,8H2,1-2H3,(H,17,18). The Morgan fingerprint density at radius 2 is 1.89 bits per heavy atom. The minimum Gasteiger partial charge on any atom is -0.477 e. The van der Waals surface area contributed by atoms with Gasteiger partial charge in [-0.3, -0.25) is 0 Å². The van der Waals surface area contributed by atoms with E-state index in [2.05, 4.69) is 10.2 Å². The van der Waals surface area contributed by atoms with Crippen molar-refractivity contribution in [3.63, 3.8) is 0 Å². The molecular weight excluding hydrogens is 244 g/mol. The molecule has 0 saturated heterocycles. The van der Waals surface area contributed by atoms with Gasteiger partial charge < -0.3 is 9.84 Å². The van der Waals surface area contributed by atoms with E-state index in [1.54, 1.807) is 13.8 Å². The SMILES string of the molecule is Cc1nnc(OCc2ccccc2)c(C(=O)O)c1C. The van der Waals surface area contributed by atoms with Gasteiger partial charge in [0.05, 0.1) is 5.69 Å². The molecule has 0 atom stereocenters. The summed E-state index contributed by atoms with van der Waals surface area (Å²) in [5.41, 5.74) is 2.18. The van der Waals surface area contributed by atoms with Gasteiger partial charge in [0.15, 0.2) is 0 Å². The number of hydrogen-bond acceptors (Lipinski definition) is 4. The van der Waals surface area contributed by atoms with Crippen LogP contribution in [0.15, 0.2) is 30.3 Å². The van der Waals surface area contributed by atoms with Crippen LogP contribution in [0.3, 0.4) is 0 Å². The number of aryl methyl sites for hydroxylation is 1. The van der Waals surface area contributed by atoms with E-state index in [-0.39, 0.29) is 18.1 Å². The lowest BCUT2D eigenvalue weighted by atomic mass is 10.1. The molecule has 1 N–H and O–H groups in total. The van der Waals surface area contributed by atoms with E-state index in [4.69, 9.17) is 4.74 Å². The highest BCUT2D eigenvalue weighted by atomic mass is 16.5. The summed E-state index contributed by atoms with van der Waals surface area (Å²) < 4.78 is 5.47. The molecule has 1 aromatic heterocycles. The van der Waals surface area contributed by atoms with E-state index in [1.807, 2.05) is 30.3 Å². The van der Waals surface area contributed by atoms with E-state index in [1.165, 1.54) is 0 Å². The van der Waals surface area contributed by atoms with E-state index in [9.17, 15) is 9.90 Å². The Morgan fingerprint density at radius 1 is 1.21 bits per heavy atom. The molecule has 1 heterocycles. The third kappa shape index (κ3) is 2.88. The highest BCUT2D eigenvalue weighted by Crippen LogP contribution is 2.21. The maximum absolute atomic E-state index is 11.3. The predicted molar refractivity (Wildman–Crippen MR) is 69.2 cm³/mol. The first-order chi connectivity index (χ1) is 9.09. The fraction of sp³-hybridized carbons (Fsp3) is 0.214. The average molecular weight is 258 g/mol. The molecule has 0 amide bonds. The van der Waals surface area contributed by atoms with Crippen LogP contribution in [0.2, 0.25) is 0 Å². The lowest BCUT2D eigenvalue weighted by molar-refractivity contribution is 0.0689. The van der Waals surface area contributed by atoms with Crippen molar-refractivity contribution < 1.29 is 14.6 Å². The van der Waals surface area contributed by atoms with E-state index < -0.39 is 5.97 Å². The molecule has 2 aromatic rings. The summed E-state index contributed by atoms with van der Waals surface area (Å²) in [6.07, 6.45) is 0. The van der Waals surface area contributed by atoms with Crippen molar-refractivity contribution in [3.05, 3.63) is 52.7 Å². The van der Waals surface area contributed by atoms with Gasteiger partial charge in [-0.05, 0) is 25.0 Å². The predicted octanol–water partition coefficient (Wildman–Crippen LogP) is 2.37. The Balaban J connectivity index is 2.26. The fourth-order valence-electron chi connectivity index (χ4n) is 1.67. The van der Waals surface area contributed by atoms with E-state index in [0.717, 1.165) is 5.56 Å². The second-order valence-corrected chi connectivity index (χ2v) is 4.17. The van der Waals surface area contributed by atoms with Crippen LogP contribution in [0.5, 0.6) is 5.88 Å². The van der Waals surface area contributed by atoms with Crippen molar-refractivity contribution in [2.75, 3.05) is 0 Å². The Hall–Kier alpha value is -2.43. The molecule has 0 aliphatic heterocycles. The van der Waals surface area contributed by atoms with Crippen LogP contribution in [0, 0.1) is 13.8 Å². The Labute approximate surface area is 110 Å². The molecule has 0 bridgehead atoms. The molecule has 5 nitrogen and oxygen atoms in total. The van der Waals surface area contributed by atoms with Crippen molar-refractivity contribution in [3.8, 4) is 5.88 Å². The minimum absolute atomic E-state index is 0.0550. The zero-order chi connectivity index (χ0) is 13.8. The van der Waals surface area contributed by atoms with Crippen molar-refractivity contribution in [2.24, 2.45) is 0 Å². The van der Waals surface area contributed by atoms with Gasteiger partial charge in [-0.15, -0.1) is 5.10 Å². The zero-order valence-corrected chi connectivity index (χ0v) is 10.8. The lowest BCUT2D eigenvalue weighted by Crippen LogP contribution is -2.10. The van der Waals surface area contributed by atoms with Crippen molar-refractivity contribution in [1.82, 2.24) is 10.2 Å². The third-order valence-electron chi connectivity index (χ3n) is 2.85. The maximum Gasteiger partial charge on any atom is 0.341 e. The largest absolute Gasteiger partial charge is 0.477 e. The molecule has 19 heavy (non-hydrogen) atoms. The quantitative estimate of drug-likeness (QED) is 0.911. The minimum atomic E-state index is -1.06. The second-order valence-electron chi connectivity index (χ2n) is 4.17. The summed E-state index contributed by atoms with van der Waals surface area (Å²) in [6.45, 7) is 3.68. The van der Waals surface area contributed by atoms with Crippen LogP contribution in [0.1, 0.15) is 27.2 Å². The lowest BCUT2D eigenvalue weighted by Gasteiger charge is -2.10. The highest BCUT2D eigenvalue weighted by molar-refractivity contribution is 5.91. The molecule has 1 aromatic carbocycles. The molecule has 0 fully saturated rings. The molecule has 0 aliphatic carbocycles. The first-order valence-electron chi connectivity index (χ1n) is 5.83. The molecule has 0 unspecified atom stereocenters. The molecule has 0 spiro atoms. The first-order valence-corrected chi connectivity index (χ1v) is 5.83. The van der Waals surface area contributed by atoms with Gasteiger partial charge in [-0.2, -0.15) is 5.10 Å². The smallest absolute Gasteiger partial charge is 0.341 e. The van der Waals surface area contributed by atoms with Crippen LogP contribution in [-0.4, -0.2) is 21.3 Å². The van der Waals surface area contributed by atoms with Crippen molar-refractivity contribution in [2.45, 2.75) is 20.5 Å². The topological polar surface area (TPSA) is 72.3 Å².